The number of hydrogen-bond donors (Lipinski definition) is 1. The number of anilines is 1. The van der Waals surface area contributed by atoms with Crippen LogP contribution in [0.25, 0.3) is 0 Å². The van der Waals surface area contributed by atoms with Gasteiger partial charge < -0.3 is 5.32 Å². The van der Waals surface area contributed by atoms with Crippen molar-refractivity contribution in [1.29, 1.82) is 0 Å². The van der Waals surface area contributed by atoms with Gasteiger partial charge in [-0.3, -0.25) is 4.79 Å². The van der Waals surface area contributed by atoms with Gasteiger partial charge in [0.25, 0.3) is 0 Å². The van der Waals surface area contributed by atoms with Gasteiger partial charge >= 0.3 is 0 Å². The number of hydrogen-bond acceptors (Lipinski definition) is 3. The fraction of sp³-hybridized carbons (Fsp3) is 0.136. The second kappa shape index (κ2) is 9.55. The minimum absolute atomic E-state index is 0.0461. The molecule has 0 unspecified atom stereocenters. The summed E-state index contributed by atoms with van der Waals surface area (Å²) in [5.74, 6) is -2.38. The standard InChI is InChI=1S/C22H19ClF2N2O3S/c1-15-4-2-3-5-16(15)13-27(31(29,30)19-9-6-17(23)7-10-19)14-22(28)26-21-12-18(24)8-11-20(21)25/h2-12H,13-14H2,1H3,(H,26,28). The van der Waals surface area contributed by atoms with Crippen LogP contribution < -0.4 is 5.32 Å². The van der Waals surface area contributed by atoms with E-state index in [4.69, 9.17) is 11.6 Å². The molecule has 0 aliphatic rings. The molecule has 3 aromatic rings. The molecule has 0 saturated carbocycles. The van der Waals surface area contributed by atoms with Crippen molar-refractivity contribution in [3.63, 3.8) is 0 Å². The molecule has 0 aromatic heterocycles. The molecule has 5 nitrogen and oxygen atoms in total. The number of rotatable bonds is 7. The fourth-order valence-electron chi connectivity index (χ4n) is 2.90. The van der Waals surface area contributed by atoms with Gasteiger partial charge in [-0.05, 0) is 54.4 Å². The molecule has 0 bridgehead atoms. The molecule has 31 heavy (non-hydrogen) atoms. The second-order valence-corrected chi connectivity index (χ2v) is 9.20. The smallest absolute Gasteiger partial charge is 0.243 e. The van der Waals surface area contributed by atoms with Gasteiger partial charge in [-0.25, -0.2) is 17.2 Å². The Balaban J connectivity index is 1.91. The van der Waals surface area contributed by atoms with Crippen LogP contribution in [0.3, 0.4) is 0 Å². The second-order valence-electron chi connectivity index (χ2n) is 6.83. The van der Waals surface area contributed by atoms with E-state index in [9.17, 15) is 22.0 Å². The molecule has 0 aliphatic heterocycles. The zero-order chi connectivity index (χ0) is 22.6. The highest BCUT2D eigenvalue weighted by Gasteiger charge is 2.27. The van der Waals surface area contributed by atoms with Crippen LogP contribution in [0.2, 0.25) is 5.02 Å². The van der Waals surface area contributed by atoms with Gasteiger partial charge in [-0.15, -0.1) is 0 Å². The Morgan fingerprint density at radius 3 is 2.39 bits per heavy atom. The average Bonchev–Trinajstić information content (AvgIpc) is 2.72. The summed E-state index contributed by atoms with van der Waals surface area (Å²) in [6.45, 7) is 1.14. The van der Waals surface area contributed by atoms with Gasteiger partial charge in [0.15, 0.2) is 0 Å². The summed E-state index contributed by atoms with van der Waals surface area (Å²) in [6, 6.07) is 15.3. The van der Waals surface area contributed by atoms with Crippen LogP contribution in [0.4, 0.5) is 14.5 Å². The lowest BCUT2D eigenvalue weighted by Gasteiger charge is -2.23. The SMILES string of the molecule is Cc1ccccc1CN(CC(=O)Nc1cc(F)ccc1F)S(=O)(=O)c1ccc(Cl)cc1. The average molecular weight is 465 g/mol. The monoisotopic (exact) mass is 464 g/mol. The van der Waals surface area contributed by atoms with Crippen LogP contribution >= 0.6 is 11.6 Å². The maximum Gasteiger partial charge on any atom is 0.243 e. The first-order valence-electron chi connectivity index (χ1n) is 9.22. The maximum absolute atomic E-state index is 13.9. The van der Waals surface area contributed by atoms with E-state index in [1.807, 2.05) is 19.1 Å². The molecule has 1 N–H and O–H groups in total. The summed E-state index contributed by atoms with van der Waals surface area (Å²) in [5, 5.41) is 2.60. The number of halogens is 3. The van der Waals surface area contributed by atoms with Crippen molar-refractivity contribution in [2.24, 2.45) is 0 Å². The van der Waals surface area contributed by atoms with Crippen LogP contribution in [0.15, 0.2) is 71.6 Å². The van der Waals surface area contributed by atoms with Crippen molar-refractivity contribution in [2.45, 2.75) is 18.4 Å². The van der Waals surface area contributed by atoms with E-state index in [1.54, 1.807) is 12.1 Å². The molecular formula is C22H19ClF2N2O3S. The van der Waals surface area contributed by atoms with Gasteiger partial charge in [-0.2, -0.15) is 4.31 Å². The van der Waals surface area contributed by atoms with E-state index >= 15 is 0 Å². The third kappa shape index (κ3) is 5.66. The molecule has 0 atom stereocenters. The highest BCUT2D eigenvalue weighted by molar-refractivity contribution is 7.89. The normalized spacial score (nSPS) is 11.5. The van der Waals surface area contributed by atoms with E-state index in [0.717, 1.165) is 28.1 Å². The minimum atomic E-state index is -4.09. The number of carbonyl (C=O) groups is 1. The molecule has 162 valence electrons. The van der Waals surface area contributed by atoms with E-state index < -0.39 is 34.1 Å². The molecule has 0 aliphatic carbocycles. The number of benzene rings is 3. The zero-order valence-corrected chi connectivity index (χ0v) is 18.1. The summed E-state index contributed by atoms with van der Waals surface area (Å²) >= 11 is 5.86. The van der Waals surface area contributed by atoms with Crippen molar-refractivity contribution in [2.75, 3.05) is 11.9 Å². The number of amides is 1. The molecule has 3 rings (SSSR count). The summed E-state index contributed by atoms with van der Waals surface area (Å²) in [5.41, 5.74) is 1.17. The lowest BCUT2D eigenvalue weighted by atomic mass is 10.1. The summed E-state index contributed by atoms with van der Waals surface area (Å²) in [4.78, 5) is 12.5. The van der Waals surface area contributed by atoms with Gasteiger partial charge in [0.2, 0.25) is 15.9 Å². The summed E-state index contributed by atoms with van der Waals surface area (Å²) < 4.78 is 54.7. The highest BCUT2D eigenvalue weighted by Crippen LogP contribution is 2.22. The quantitative estimate of drug-likeness (QED) is 0.548. The Morgan fingerprint density at radius 2 is 1.71 bits per heavy atom. The molecule has 0 spiro atoms. The predicted molar refractivity (Wildman–Crippen MR) is 115 cm³/mol. The minimum Gasteiger partial charge on any atom is -0.322 e. The Morgan fingerprint density at radius 1 is 1.03 bits per heavy atom. The fourth-order valence-corrected chi connectivity index (χ4v) is 4.40. The Kier molecular flexibility index (Phi) is 7.04. The van der Waals surface area contributed by atoms with Crippen LogP contribution in [-0.2, 0) is 21.4 Å². The number of carbonyl (C=O) groups excluding carboxylic acids is 1. The van der Waals surface area contributed by atoms with Crippen molar-refractivity contribution in [3.8, 4) is 0 Å². The highest BCUT2D eigenvalue weighted by atomic mass is 35.5. The van der Waals surface area contributed by atoms with E-state index in [-0.39, 0.29) is 17.1 Å². The topological polar surface area (TPSA) is 66.5 Å². The first kappa shape index (κ1) is 22.9. The first-order valence-corrected chi connectivity index (χ1v) is 11.0. The van der Waals surface area contributed by atoms with Gasteiger partial charge in [0.05, 0.1) is 17.1 Å². The zero-order valence-electron chi connectivity index (χ0n) is 16.5. The largest absolute Gasteiger partial charge is 0.322 e. The Labute approximate surface area is 184 Å². The molecule has 0 fully saturated rings. The molecule has 0 radical (unpaired) electrons. The Bertz CT molecular complexity index is 1200. The van der Waals surface area contributed by atoms with Crippen molar-refractivity contribution in [1.82, 2.24) is 4.31 Å². The lowest BCUT2D eigenvalue weighted by molar-refractivity contribution is -0.116. The van der Waals surface area contributed by atoms with Crippen LogP contribution in [0.1, 0.15) is 11.1 Å². The van der Waals surface area contributed by atoms with Crippen LogP contribution in [-0.4, -0.2) is 25.2 Å². The van der Waals surface area contributed by atoms with Gasteiger partial charge in [-0.1, -0.05) is 35.9 Å². The number of nitrogens with zero attached hydrogens (tertiary/aromatic N) is 1. The van der Waals surface area contributed by atoms with E-state index in [0.29, 0.717) is 10.6 Å². The molecule has 0 saturated heterocycles. The van der Waals surface area contributed by atoms with Crippen LogP contribution in [0, 0.1) is 18.6 Å². The molecule has 0 heterocycles. The molecule has 1 amide bonds. The number of sulfonamides is 1. The van der Waals surface area contributed by atoms with E-state index in [1.165, 1.54) is 24.3 Å². The summed E-state index contributed by atoms with van der Waals surface area (Å²) in [7, 11) is -4.09. The van der Waals surface area contributed by atoms with Gasteiger partial charge in [0, 0.05) is 17.6 Å². The maximum atomic E-state index is 13.9. The molecule has 3 aromatic carbocycles. The molecular weight excluding hydrogens is 446 g/mol. The van der Waals surface area contributed by atoms with Crippen LogP contribution in [0.5, 0.6) is 0 Å². The first-order chi connectivity index (χ1) is 14.7. The summed E-state index contributed by atoms with van der Waals surface area (Å²) in [6.07, 6.45) is 0. The molecule has 9 heteroatoms. The van der Waals surface area contributed by atoms with Gasteiger partial charge in [0.1, 0.15) is 11.6 Å². The number of aryl methyl sites for hydroxylation is 1. The van der Waals surface area contributed by atoms with Crippen molar-refractivity contribution < 1.29 is 22.0 Å². The predicted octanol–water partition coefficient (Wildman–Crippen LogP) is 4.76. The third-order valence-electron chi connectivity index (χ3n) is 4.58. The lowest BCUT2D eigenvalue weighted by Crippen LogP contribution is -2.37. The third-order valence-corrected chi connectivity index (χ3v) is 6.64. The number of nitrogens with one attached hydrogen (secondary N) is 1. The van der Waals surface area contributed by atoms with Crippen molar-refractivity contribution in [3.05, 3.63) is 94.5 Å². The van der Waals surface area contributed by atoms with Crippen molar-refractivity contribution >= 4 is 33.2 Å². The Hall–Kier alpha value is -2.81. The van der Waals surface area contributed by atoms with E-state index in [2.05, 4.69) is 5.32 Å².